The largest absolute Gasteiger partial charge is 0.464 e. The highest BCUT2D eigenvalue weighted by atomic mass is 16.5. The molecule has 5 heteroatoms. The summed E-state index contributed by atoms with van der Waals surface area (Å²) in [4.78, 5) is 26.3. The van der Waals surface area contributed by atoms with Gasteiger partial charge >= 0.3 is 5.97 Å². The minimum Gasteiger partial charge on any atom is -0.464 e. The minimum atomic E-state index is -0.0646. The number of likely N-dealkylation sites (N-methyl/N-ethyl adjacent to an activating group) is 1. The number of nitrogens with zero attached hydrogens (tertiary/aromatic N) is 1. The van der Waals surface area contributed by atoms with Crippen LogP contribution in [0.2, 0.25) is 0 Å². The zero-order valence-electron chi connectivity index (χ0n) is 30.2. The molecule has 0 unspecified atom stereocenters. The fourth-order valence-electron chi connectivity index (χ4n) is 5.93. The van der Waals surface area contributed by atoms with Crippen LogP contribution >= 0.6 is 0 Å². The standard InChI is InChI=1S/C39H78N2O3/c1-4-6-8-10-12-14-16-18-19-20-21-23-25-27-29-33-39(43)44-37-36-41(3)35-31-32-38(42)40-34-30-28-26-24-22-17-15-13-11-9-7-5-2/h4-37H2,1-3H3,(H,40,42). The highest BCUT2D eigenvalue weighted by molar-refractivity contribution is 5.75. The van der Waals surface area contributed by atoms with Crippen molar-refractivity contribution >= 4 is 11.9 Å². The van der Waals surface area contributed by atoms with Gasteiger partial charge in [-0.1, -0.05) is 174 Å². The highest BCUT2D eigenvalue weighted by Gasteiger charge is 2.06. The van der Waals surface area contributed by atoms with Crippen LogP contribution in [0.3, 0.4) is 0 Å². The van der Waals surface area contributed by atoms with Gasteiger partial charge < -0.3 is 15.0 Å². The van der Waals surface area contributed by atoms with Crippen molar-refractivity contribution in [3.05, 3.63) is 0 Å². The Kier molecular flexibility index (Phi) is 35.5. The van der Waals surface area contributed by atoms with Gasteiger partial charge in [-0.05, 0) is 32.9 Å². The lowest BCUT2D eigenvalue weighted by atomic mass is 10.0. The van der Waals surface area contributed by atoms with Gasteiger partial charge in [-0.15, -0.1) is 0 Å². The second kappa shape index (κ2) is 36.4. The smallest absolute Gasteiger partial charge is 0.305 e. The van der Waals surface area contributed by atoms with E-state index in [2.05, 4.69) is 24.1 Å². The maximum atomic E-state index is 12.1. The summed E-state index contributed by atoms with van der Waals surface area (Å²) >= 11 is 0. The Morgan fingerprint density at radius 1 is 0.477 bits per heavy atom. The third-order valence-electron chi connectivity index (χ3n) is 9.02. The van der Waals surface area contributed by atoms with Gasteiger partial charge in [0.25, 0.3) is 0 Å². The van der Waals surface area contributed by atoms with E-state index in [0.717, 1.165) is 45.3 Å². The number of hydrogen-bond donors (Lipinski definition) is 1. The molecule has 0 aliphatic carbocycles. The van der Waals surface area contributed by atoms with Crippen LogP contribution in [0.1, 0.15) is 206 Å². The first-order valence-electron chi connectivity index (χ1n) is 19.7. The predicted molar refractivity (Wildman–Crippen MR) is 191 cm³/mol. The molecular weight excluding hydrogens is 544 g/mol. The van der Waals surface area contributed by atoms with Crippen LogP contribution in [0.4, 0.5) is 0 Å². The van der Waals surface area contributed by atoms with Crippen molar-refractivity contribution in [3.8, 4) is 0 Å². The first-order valence-corrected chi connectivity index (χ1v) is 19.7. The van der Waals surface area contributed by atoms with E-state index in [4.69, 9.17) is 4.74 Å². The van der Waals surface area contributed by atoms with E-state index >= 15 is 0 Å². The van der Waals surface area contributed by atoms with Gasteiger partial charge in [-0.25, -0.2) is 0 Å². The number of amides is 1. The van der Waals surface area contributed by atoms with E-state index in [1.807, 2.05) is 7.05 Å². The second-order valence-electron chi connectivity index (χ2n) is 13.6. The molecule has 44 heavy (non-hydrogen) atoms. The lowest BCUT2D eigenvalue weighted by Crippen LogP contribution is -2.28. The number of hydrogen-bond acceptors (Lipinski definition) is 4. The molecule has 0 bridgehead atoms. The SMILES string of the molecule is CCCCCCCCCCCCCCCCCC(=O)OCCN(C)CCCC(=O)NCCCCCCCCCCCCCC. The third-order valence-corrected chi connectivity index (χ3v) is 9.02. The normalized spacial score (nSPS) is 11.4. The van der Waals surface area contributed by atoms with Gasteiger partial charge in [0, 0.05) is 25.9 Å². The minimum absolute atomic E-state index is 0.0646. The molecule has 0 aliphatic rings. The summed E-state index contributed by atoms with van der Waals surface area (Å²) in [6.07, 6.45) is 38.0. The Balaban J connectivity index is 3.36. The van der Waals surface area contributed by atoms with Gasteiger partial charge in [-0.3, -0.25) is 9.59 Å². The molecule has 0 aliphatic heterocycles. The Bertz CT molecular complexity index is 598. The molecule has 0 saturated heterocycles. The van der Waals surface area contributed by atoms with E-state index in [1.165, 1.54) is 154 Å². The Hall–Kier alpha value is -1.10. The molecule has 0 aromatic carbocycles. The average Bonchev–Trinajstić information content (AvgIpc) is 3.01. The molecule has 0 heterocycles. The molecule has 0 saturated carbocycles. The summed E-state index contributed by atoms with van der Waals surface area (Å²) in [6, 6.07) is 0. The highest BCUT2D eigenvalue weighted by Crippen LogP contribution is 2.14. The molecule has 0 aromatic rings. The molecule has 0 aromatic heterocycles. The maximum absolute atomic E-state index is 12.1. The van der Waals surface area contributed by atoms with Crippen molar-refractivity contribution in [2.45, 2.75) is 206 Å². The van der Waals surface area contributed by atoms with Crippen LogP contribution < -0.4 is 5.32 Å². The first kappa shape index (κ1) is 42.9. The van der Waals surface area contributed by atoms with Crippen molar-refractivity contribution in [3.63, 3.8) is 0 Å². The molecule has 1 N–H and O–H groups in total. The summed E-state index contributed by atoms with van der Waals surface area (Å²) in [7, 11) is 2.03. The summed E-state index contributed by atoms with van der Waals surface area (Å²) in [5.74, 6) is 0.0988. The van der Waals surface area contributed by atoms with Crippen LogP contribution in [0.25, 0.3) is 0 Å². The van der Waals surface area contributed by atoms with Gasteiger partial charge in [0.05, 0.1) is 0 Å². The predicted octanol–water partition coefficient (Wildman–Crippen LogP) is 11.3. The van der Waals surface area contributed by atoms with E-state index < -0.39 is 0 Å². The fraction of sp³-hybridized carbons (Fsp3) is 0.949. The number of rotatable bonds is 36. The van der Waals surface area contributed by atoms with Crippen molar-refractivity contribution in [2.75, 3.05) is 33.3 Å². The molecule has 0 atom stereocenters. The third kappa shape index (κ3) is 35.4. The van der Waals surface area contributed by atoms with Crippen LogP contribution in [0.5, 0.6) is 0 Å². The number of carbonyl (C=O) groups is 2. The maximum Gasteiger partial charge on any atom is 0.305 e. The zero-order chi connectivity index (χ0) is 32.2. The number of nitrogens with one attached hydrogen (secondary N) is 1. The van der Waals surface area contributed by atoms with Crippen LogP contribution in [0.15, 0.2) is 0 Å². The molecule has 5 nitrogen and oxygen atoms in total. The van der Waals surface area contributed by atoms with Gasteiger partial charge in [0.1, 0.15) is 6.61 Å². The van der Waals surface area contributed by atoms with E-state index in [9.17, 15) is 9.59 Å². The zero-order valence-corrected chi connectivity index (χ0v) is 30.2. The summed E-state index contributed by atoms with van der Waals surface area (Å²) in [5.41, 5.74) is 0. The van der Waals surface area contributed by atoms with Crippen LogP contribution in [-0.2, 0) is 14.3 Å². The monoisotopic (exact) mass is 623 g/mol. The van der Waals surface area contributed by atoms with Crippen molar-refractivity contribution in [2.24, 2.45) is 0 Å². The van der Waals surface area contributed by atoms with Crippen LogP contribution in [-0.4, -0.2) is 50.1 Å². The Morgan fingerprint density at radius 2 is 0.864 bits per heavy atom. The van der Waals surface area contributed by atoms with Gasteiger partial charge in [-0.2, -0.15) is 0 Å². The topological polar surface area (TPSA) is 58.6 Å². The fourth-order valence-corrected chi connectivity index (χ4v) is 5.93. The molecule has 0 rings (SSSR count). The molecule has 262 valence electrons. The Labute approximate surface area is 275 Å². The quantitative estimate of drug-likeness (QED) is 0.0558. The number of unbranched alkanes of at least 4 members (excludes halogenated alkanes) is 25. The number of ether oxygens (including phenoxy) is 1. The van der Waals surface area contributed by atoms with Gasteiger partial charge in [0.2, 0.25) is 5.91 Å². The molecule has 0 spiro atoms. The van der Waals surface area contributed by atoms with E-state index in [1.54, 1.807) is 0 Å². The average molecular weight is 623 g/mol. The number of esters is 1. The van der Waals surface area contributed by atoms with Gasteiger partial charge in [0.15, 0.2) is 0 Å². The summed E-state index contributed by atoms with van der Waals surface area (Å²) < 4.78 is 5.43. The lowest BCUT2D eigenvalue weighted by molar-refractivity contribution is -0.144. The molecule has 1 amide bonds. The van der Waals surface area contributed by atoms with Crippen molar-refractivity contribution in [1.29, 1.82) is 0 Å². The van der Waals surface area contributed by atoms with E-state index in [-0.39, 0.29) is 11.9 Å². The van der Waals surface area contributed by atoms with Crippen molar-refractivity contribution in [1.82, 2.24) is 10.2 Å². The molecular formula is C39H78N2O3. The number of carbonyl (C=O) groups excluding carboxylic acids is 2. The lowest BCUT2D eigenvalue weighted by Gasteiger charge is -2.16. The van der Waals surface area contributed by atoms with E-state index in [0.29, 0.717) is 19.4 Å². The summed E-state index contributed by atoms with van der Waals surface area (Å²) in [5, 5.41) is 3.08. The molecule has 0 fully saturated rings. The van der Waals surface area contributed by atoms with Crippen molar-refractivity contribution < 1.29 is 14.3 Å². The Morgan fingerprint density at radius 3 is 1.30 bits per heavy atom. The molecule has 0 radical (unpaired) electrons. The second-order valence-corrected chi connectivity index (χ2v) is 13.6. The first-order chi connectivity index (χ1) is 21.6. The summed E-state index contributed by atoms with van der Waals surface area (Å²) in [6.45, 7) is 7.38. The van der Waals surface area contributed by atoms with Crippen LogP contribution in [0, 0.1) is 0 Å².